The lowest BCUT2D eigenvalue weighted by Crippen LogP contribution is -1.98. The van der Waals surface area contributed by atoms with Crippen LogP contribution in [0.1, 0.15) is 0 Å². The van der Waals surface area contributed by atoms with Gasteiger partial charge >= 0.3 is 0 Å². The van der Waals surface area contributed by atoms with Gasteiger partial charge in [0, 0.05) is 10.3 Å². The molecule has 2 rings (SSSR count). The van der Waals surface area contributed by atoms with E-state index in [1.165, 1.54) is 6.26 Å². The number of rotatable bonds is 1. The van der Waals surface area contributed by atoms with E-state index < -0.39 is 34.5 Å². The molecule has 0 heterocycles. The van der Waals surface area contributed by atoms with Crippen molar-refractivity contribution in [2.75, 3.05) is 6.26 Å². The molecule has 0 nitrogen and oxygen atoms in total. The molecule has 0 saturated carbocycles. The summed E-state index contributed by atoms with van der Waals surface area (Å²) in [6.45, 7) is 0. The first-order valence-corrected chi connectivity index (χ1v) is 5.69. The van der Waals surface area contributed by atoms with Crippen LogP contribution >= 0.6 is 11.8 Å². The number of benzene rings is 2. The van der Waals surface area contributed by atoms with Crippen LogP contribution in [-0.4, -0.2) is 6.26 Å². The van der Waals surface area contributed by atoms with E-state index in [9.17, 15) is 22.0 Å². The first-order valence-electron chi connectivity index (χ1n) is 4.46. The van der Waals surface area contributed by atoms with Gasteiger partial charge in [0.05, 0.1) is 5.39 Å². The van der Waals surface area contributed by atoms with Crippen molar-refractivity contribution in [1.82, 2.24) is 0 Å². The van der Waals surface area contributed by atoms with E-state index in [1.807, 2.05) is 0 Å². The predicted octanol–water partition coefficient (Wildman–Crippen LogP) is 4.26. The highest BCUT2D eigenvalue weighted by molar-refractivity contribution is 7.98. The molecule has 0 aliphatic heterocycles. The van der Waals surface area contributed by atoms with Crippen LogP contribution in [0, 0.1) is 29.1 Å². The first kappa shape index (κ1) is 12.2. The van der Waals surface area contributed by atoms with E-state index in [4.69, 9.17) is 0 Å². The fourth-order valence-electron chi connectivity index (χ4n) is 1.55. The van der Waals surface area contributed by atoms with Crippen LogP contribution in [-0.2, 0) is 0 Å². The van der Waals surface area contributed by atoms with Crippen molar-refractivity contribution in [2.45, 2.75) is 4.90 Å². The molecule has 2 aromatic rings. The summed E-state index contributed by atoms with van der Waals surface area (Å²) in [5.74, 6) is -7.78. The van der Waals surface area contributed by atoms with Crippen molar-refractivity contribution < 1.29 is 22.0 Å². The van der Waals surface area contributed by atoms with E-state index in [1.54, 1.807) is 0 Å². The third-order valence-corrected chi connectivity index (χ3v) is 3.11. The minimum Gasteiger partial charge on any atom is -0.204 e. The van der Waals surface area contributed by atoms with Crippen LogP contribution in [0.25, 0.3) is 10.8 Å². The molecule has 17 heavy (non-hydrogen) atoms. The van der Waals surface area contributed by atoms with Gasteiger partial charge in [-0.15, -0.1) is 11.8 Å². The van der Waals surface area contributed by atoms with Crippen LogP contribution in [0.2, 0.25) is 0 Å². The van der Waals surface area contributed by atoms with Crippen molar-refractivity contribution in [3.8, 4) is 0 Å². The summed E-state index contributed by atoms with van der Waals surface area (Å²) in [6.07, 6.45) is 1.53. The summed E-state index contributed by atoms with van der Waals surface area (Å²) >= 11 is 0.982. The van der Waals surface area contributed by atoms with Gasteiger partial charge in [-0.05, 0) is 18.4 Å². The summed E-state index contributed by atoms with van der Waals surface area (Å²) in [7, 11) is 0. The van der Waals surface area contributed by atoms with E-state index in [0.29, 0.717) is 6.07 Å². The van der Waals surface area contributed by atoms with Gasteiger partial charge in [0.2, 0.25) is 0 Å². The molecule has 0 radical (unpaired) electrons. The van der Waals surface area contributed by atoms with Crippen molar-refractivity contribution in [1.29, 1.82) is 0 Å². The maximum atomic E-state index is 13.4. The van der Waals surface area contributed by atoms with E-state index >= 15 is 0 Å². The highest BCUT2D eigenvalue weighted by Gasteiger charge is 2.21. The summed E-state index contributed by atoms with van der Waals surface area (Å²) in [5.41, 5.74) is 0. The Kier molecular flexibility index (Phi) is 2.99. The molecule has 90 valence electrons. The highest BCUT2D eigenvalue weighted by Crippen LogP contribution is 2.33. The lowest BCUT2D eigenvalue weighted by Gasteiger charge is -2.08. The summed E-state index contributed by atoms with van der Waals surface area (Å²) in [5, 5.41) is -1.05. The van der Waals surface area contributed by atoms with Crippen molar-refractivity contribution in [2.24, 2.45) is 0 Å². The van der Waals surface area contributed by atoms with Gasteiger partial charge in [-0.2, -0.15) is 0 Å². The molecule has 6 heteroatoms. The normalized spacial score (nSPS) is 11.2. The maximum absolute atomic E-state index is 13.4. The number of fused-ring (bicyclic) bond motifs is 1. The van der Waals surface area contributed by atoms with Gasteiger partial charge in [0.1, 0.15) is 0 Å². The Hall–Kier alpha value is -1.30. The largest absolute Gasteiger partial charge is 0.204 e. The average Bonchev–Trinajstić information content (AvgIpc) is 2.30. The topological polar surface area (TPSA) is 0 Å². The standard InChI is InChI=1S/C11H5F5S/c1-17-7-3-6(13)9(14)8-4(7)2-5(12)10(15)11(8)16/h2-3H,1H3. The molecule has 0 N–H and O–H groups in total. The first-order chi connectivity index (χ1) is 7.97. The second-order valence-electron chi connectivity index (χ2n) is 3.28. The zero-order valence-electron chi connectivity index (χ0n) is 8.45. The smallest absolute Gasteiger partial charge is 0.195 e. The number of hydrogen-bond donors (Lipinski definition) is 0. The minimum atomic E-state index is -1.81. The molecule has 0 aliphatic carbocycles. The Morgan fingerprint density at radius 1 is 0.824 bits per heavy atom. The fraction of sp³-hybridized carbons (Fsp3) is 0.0909. The summed E-state index contributed by atoms with van der Waals surface area (Å²) < 4.78 is 65.9. The lowest BCUT2D eigenvalue weighted by molar-refractivity contribution is 0.447. The monoisotopic (exact) mass is 264 g/mol. The quantitative estimate of drug-likeness (QED) is 0.421. The van der Waals surface area contributed by atoms with E-state index in [0.717, 1.165) is 17.8 Å². The SMILES string of the molecule is CSc1cc(F)c(F)c2c(F)c(F)c(F)cc12. The van der Waals surface area contributed by atoms with Crippen LogP contribution in [0.3, 0.4) is 0 Å². The van der Waals surface area contributed by atoms with Crippen molar-refractivity contribution in [3.63, 3.8) is 0 Å². The van der Waals surface area contributed by atoms with Gasteiger partial charge in [0.15, 0.2) is 29.1 Å². The number of thioether (sulfide) groups is 1. The average molecular weight is 264 g/mol. The zero-order chi connectivity index (χ0) is 12.7. The number of halogens is 5. The van der Waals surface area contributed by atoms with Gasteiger partial charge in [0.25, 0.3) is 0 Å². The molecule has 0 amide bonds. The van der Waals surface area contributed by atoms with Gasteiger partial charge in [-0.25, -0.2) is 22.0 Å². The molecule has 0 atom stereocenters. The molecule has 0 saturated heterocycles. The molecule has 2 aromatic carbocycles. The molecular weight excluding hydrogens is 259 g/mol. The third kappa shape index (κ3) is 1.76. The van der Waals surface area contributed by atoms with Crippen LogP contribution < -0.4 is 0 Å². The Balaban J connectivity index is 3.04. The van der Waals surface area contributed by atoms with Crippen molar-refractivity contribution >= 4 is 22.5 Å². The summed E-state index contributed by atoms with van der Waals surface area (Å²) in [4.78, 5) is 0.136. The van der Waals surface area contributed by atoms with Gasteiger partial charge in [-0.1, -0.05) is 0 Å². The second kappa shape index (κ2) is 4.18. The van der Waals surface area contributed by atoms with Crippen molar-refractivity contribution in [3.05, 3.63) is 41.2 Å². The molecule has 0 unspecified atom stereocenters. The van der Waals surface area contributed by atoms with E-state index in [2.05, 4.69) is 0 Å². The zero-order valence-corrected chi connectivity index (χ0v) is 9.27. The van der Waals surface area contributed by atoms with Crippen LogP contribution in [0.15, 0.2) is 17.0 Å². The summed E-state index contributed by atoms with van der Waals surface area (Å²) in [6, 6.07) is 1.47. The lowest BCUT2D eigenvalue weighted by atomic mass is 10.1. The van der Waals surface area contributed by atoms with Crippen LogP contribution in [0.4, 0.5) is 22.0 Å². The Morgan fingerprint density at radius 3 is 2.00 bits per heavy atom. The fourth-order valence-corrected chi connectivity index (χ4v) is 2.15. The number of hydrogen-bond acceptors (Lipinski definition) is 1. The Labute approximate surface area is 97.4 Å². The maximum Gasteiger partial charge on any atom is 0.195 e. The molecule has 0 bridgehead atoms. The van der Waals surface area contributed by atoms with E-state index in [-0.39, 0.29) is 10.3 Å². The Morgan fingerprint density at radius 2 is 1.41 bits per heavy atom. The minimum absolute atomic E-state index is 0.136. The molecule has 0 aromatic heterocycles. The molecule has 0 fully saturated rings. The third-order valence-electron chi connectivity index (χ3n) is 2.33. The molecular formula is C11H5F5S. The molecule has 0 aliphatic rings. The van der Waals surface area contributed by atoms with Gasteiger partial charge < -0.3 is 0 Å². The second-order valence-corrected chi connectivity index (χ2v) is 4.13. The Bertz CT molecular complexity index is 609. The molecule has 0 spiro atoms. The predicted molar refractivity (Wildman–Crippen MR) is 55.5 cm³/mol. The highest BCUT2D eigenvalue weighted by atomic mass is 32.2. The van der Waals surface area contributed by atoms with Gasteiger partial charge in [-0.3, -0.25) is 0 Å². The van der Waals surface area contributed by atoms with Crippen LogP contribution in [0.5, 0.6) is 0 Å².